The van der Waals surface area contributed by atoms with Crippen molar-refractivity contribution in [3.63, 3.8) is 0 Å². The van der Waals surface area contributed by atoms with E-state index < -0.39 is 58.9 Å². The van der Waals surface area contributed by atoms with Gasteiger partial charge >= 0.3 is 6.18 Å². The Morgan fingerprint density at radius 3 is 2.48 bits per heavy atom. The van der Waals surface area contributed by atoms with Crippen LogP contribution in [0.3, 0.4) is 0 Å². The van der Waals surface area contributed by atoms with Crippen LogP contribution in [0, 0.1) is 17.6 Å². The molecule has 1 aliphatic rings. The molecule has 0 aliphatic carbocycles. The highest BCUT2D eigenvalue weighted by molar-refractivity contribution is 5.97. The Morgan fingerprint density at radius 2 is 1.91 bits per heavy atom. The molecule has 0 bridgehead atoms. The maximum atomic E-state index is 14.3. The van der Waals surface area contributed by atoms with Crippen LogP contribution in [0.4, 0.5) is 27.8 Å². The van der Waals surface area contributed by atoms with Crippen LogP contribution in [0.5, 0.6) is 5.75 Å². The first-order chi connectivity index (χ1) is 15.3. The summed E-state index contributed by atoms with van der Waals surface area (Å²) >= 11 is 0. The fourth-order valence-corrected chi connectivity index (χ4v) is 3.89. The number of primary amides is 1. The topological polar surface area (TPSA) is 104 Å². The van der Waals surface area contributed by atoms with Gasteiger partial charge in [-0.3, -0.25) is 9.59 Å². The minimum absolute atomic E-state index is 0.0000342. The number of amides is 2. The number of hydrogen-bond donors (Lipinski definition) is 2. The van der Waals surface area contributed by atoms with Crippen molar-refractivity contribution in [1.82, 2.24) is 4.98 Å². The van der Waals surface area contributed by atoms with Crippen LogP contribution < -0.4 is 15.8 Å². The van der Waals surface area contributed by atoms with Gasteiger partial charge in [0.05, 0.1) is 7.11 Å². The Morgan fingerprint density at radius 1 is 1.24 bits per heavy atom. The third-order valence-corrected chi connectivity index (χ3v) is 5.87. The SMILES string of the molecule is COc1c(C2C(C(=O)Nc3cc(C(N)=O)ccn3)OC(C)(C(F)(F)F)C2C)ccc(F)c1F. The monoisotopic (exact) mass is 473 g/mol. The molecule has 2 heterocycles. The number of rotatable bonds is 5. The smallest absolute Gasteiger partial charge is 0.417 e. The molecule has 3 rings (SSSR count). The second-order valence-electron chi connectivity index (χ2n) is 7.72. The predicted octanol–water partition coefficient (Wildman–Crippen LogP) is 3.55. The van der Waals surface area contributed by atoms with E-state index in [1.54, 1.807) is 0 Å². The highest BCUT2D eigenvalue weighted by Gasteiger charge is 2.65. The van der Waals surface area contributed by atoms with Gasteiger partial charge in [-0.05, 0) is 25.1 Å². The van der Waals surface area contributed by atoms with Crippen LogP contribution in [0.1, 0.15) is 35.7 Å². The van der Waals surface area contributed by atoms with Gasteiger partial charge in [0.15, 0.2) is 17.2 Å². The van der Waals surface area contributed by atoms with Crippen molar-refractivity contribution in [2.45, 2.75) is 37.6 Å². The molecule has 4 atom stereocenters. The number of pyridine rings is 1. The minimum atomic E-state index is -4.89. The van der Waals surface area contributed by atoms with Gasteiger partial charge < -0.3 is 20.5 Å². The summed E-state index contributed by atoms with van der Waals surface area (Å²) in [7, 11) is 1.03. The van der Waals surface area contributed by atoms with Gasteiger partial charge in [-0.25, -0.2) is 9.37 Å². The van der Waals surface area contributed by atoms with Crippen LogP contribution in [0.25, 0.3) is 0 Å². The third kappa shape index (κ3) is 4.22. The maximum absolute atomic E-state index is 14.3. The van der Waals surface area contributed by atoms with E-state index in [0.29, 0.717) is 0 Å². The van der Waals surface area contributed by atoms with Crippen molar-refractivity contribution in [3.8, 4) is 5.75 Å². The van der Waals surface area contributed by atoms with Gasteiger partial charge in [-0.15, -0.1) is 0 Å². The second kappa shape index (κ2) is 8.58. The number of alkyl halides is 3. The van der Waals surface area contributed by atoms with E-state index in [9.17, 15) is 31.5 Å². The van der Waals surface area contributed by atoms with Gasteiger partial charge in [-0.1, -0.05) is 13.0 Å². The zero-order chi connectivity index (χ0) is 24.7. The predicted molar refractivity (Wildman–Crippen MR) is 106 cm³/mol. The van der Waals surface area contributed by atoms with Crippen LogP contribution in [0.2, 0.25) is 0 Å². The molecule has 2 amide bonds. The lowest BCUT2D eigenvalue weighted by molar-refractivity contribution is -0.272. The van der Waals surface area contributed by atoms with Gasteiger partial charge in [0.2, 0.25) is 11.7 Å². The summed E-state index contributed by atoms with van der Waals surface area (Å²) < 4.78 is 80.0. The Balaban J connectivity index is 2.07. The lowest BCUT2D eigenvalue weighted by Gasteiger charge is -2.32. The van der Waals surface area contributed by atoms with E-state index in [1.807, 2.05) is 0 Å². The first-order valence-electron chi connectivity index (χ1n) is 9.65. The molecule has 1 aromatic heterocycles. The van der Waals surface area contributed by atoms with E-state index in [4.69, 9.17) is 15.2 Å². The zero-order valence-corrected chi connectivity index (χ0v) is 17.7. The van der Waals surface area contributed by atoms with Crippen molar-refractivity contribution in [2.24, 2.45) is 11.7 Å². The molecule has 1 saturated heterocycles. The number of anilines is 1. The molecule has 2 aromatic rings. The number of carbonyl (C=O) groups excluding carboxylic acids is 2. The molecule has 7 nitrogen and oxygen atoms in total. The van der Waals surface area contributed by atoms with Crippen LogP contribution in [-0.2, 0) is 9.53 Å². The van der Waals surface area contributed by atoms with Crippen LogP contribution in [-0.4, -0.2) is 41.8 Å². The fourth-order valence-electron chi connectivity index (χ4n) is 3.89. The third-order valence-electron chi connectivity index (χ3n) is 5.87. The van der Waals surface area contributed by atoms with Crippen molar-refractivity contribution in [1.29, 1.82) is 0 Å². The summed E-state index contributed by atoms with van der Waals surface area (Å²) in [6.45, 7) is 1.97. The van der Waals surface area contributed by atoms with E-state index in [0.717, 1.165) is 32.2 Å². The Labute approximate surface area is 185 Å². The number of hydrogen-bond acceptors (Lipinski definition) is 5. The van der Waals surface area contributed by atoms with Gasteiger partial charge in [-0.2, -0.15) is 17.6 Å². The Hall–Kier alpha value is -3.28. The molecule has 0 spiro atoms. The number of aromatic nitrogens is 1. The molecular formula is C21H20F5N3O4. The molecule has 12 heteroatoms. The summed E-state index contributed by atoms with van der Waals surface area (Å²) in [6, 6.07) is 4.20. The van der Waals surface area contributed by atoms with Gasteiger partial charge in [0, 0.05) is 29.2 Å². The first kappa shape index (κ1) is 24.4. The second-order valence-corrected chi connectivity index (χ2v) is 7.72. The van der Waals surface area contributed by atoms with Crippen LogP contribution in [0.15, 0.2) is 30.5 Å². The maximum Gasteiger partial charge on any atom is 0.417 e. The quantitative estimate of drug-likeness (QED) is 0.647. The van der Waals surface area contributed by atoms with Crippen molar-refractivity contribution < 1.29 is 41.0 Å². The number of nitrogens with two attached hydrogens (primary N) is 1. The van der Waals surface area contributed by atoms with E-state index >= 15 is 0 Å². The molecular weight excluding hydrogens is 453 g/mol. The standard InChI is InChI=1S/C21H20F5N3O4/c1-9-14(11-4-5-12(22)15(23)16(11)32-3)17(33-20(9,2)21(24,25)26)19(31)29-13-8-10(18(27)30)6-7-28-13/h4-9,14,17H,1-3H3,(H2,27,30)(H,28,29,31). The summed E-state index contributed by atoms with van der Waals surface area (Å²) in [6.07, 6.45) is -5.51. The number of halogens is 5. The number of methoxy groups -OCH3 is 1. The molecule has 178 valence electrons. The molecule has 1 fully saturated rings. The lowest BCUT2D eigenvalue weighted by atomic mass is 9.77. The fraction of sp³-hybridized carbons (Fsp3) is 0.381. The molecule has 33 heavy (non-hydrogen) atoms. The summed E-state index contributed by atoms with van der Waals surface area (Å²) in [4.78, 5) is 28.2. The Bertz CT molecular complexity index is 1090. The molecule has 0 saturated carbocycles. The highest BCUT2D eigenvalue weighted by Crippen LogP contribution is 2.54. The summed E-state index contributed by atoms with van der Waals surface area (Å²) in [5.41, 5.74) is 2.22. The number of nitrogens with one attached hydrogen (secondary N) is 1. The van der Waals surface area contributed by atoms with Crippen molar-refractivity contribution in [3.05, 3.63) is 53.2 Å². The van der Waals surface area contributed by atoms with Gasteiger partial charge in [0.25, 0.3) is 5.91 Å². The van der Waals surface area contributed by atoms with Crippen molar-refractivity contribution >= 4 is 17.6 Å². The first-order valence-corrected chi connectivity index (χ1v) is 9.65. The van der Waals surface area contributed by atoms with Crippen molar-refractivity contribution in [2.75, 3.05) is 12.4 Å². The average Bonchev–Trinajstić information content (AvgIpc) is 3.02. The molecule has 4 unspecified atom stereocenters. The zero-order valence-electron chi connectivity index (χ0n) is 17.7. The number of benzene rings is 1. The van der Waals surface area contributed by atoms with E-state index in [2.05, 4.69) is 10.3 Å². The Kier molecular flexibility index (Phi) is 6.33. The largest absolute Gasteiger partial charge is 0.493 e. The van der Waals surface area contributed by atoms with Crippen LogP contribution >= 0.6 is 0 Å². The molecule has 3 N–H and O–H groups in total. The minimum Gasteiger partial charge on any atom is -0.493 e. The van der Waals surface area contributed by atoms with Gasteiger partial charge in [0.1, 0.15) is 11.9 Å². The normalized spacial score (nSPS) is 25.0. The number of carbonyl (C=O) groups is 2. The number of nitrogens with zero attached hydrogens (tertiary/aromatic N) is 1. The van der Waals surface area contributed by atoms with E-state index in [-0.39, 0.29) is 16.9 Å². The molecule has 1 aliphatic heterocycles. The highest BCUT2D eigenvalue weighted by atomic mass is 19.4. The average molecular weight is 473 g/mol. The lowest BCUT2D eigenvalue weighted by Crippen LogP contribution is -2.47. The summed E-state index contributed by atoms with van der Waals surface area (Å²) in [5, 5.41) is 2.29. The van der Waals surface area contributed by atoms with E-state index in [1.165, 1.54) is 19.2 Å². The molecule has 0 radical (unpaired) electrons. The number of ether oxygens (including phenoxy) is 2. The summed E-state index contributed by atoms with van der Waals surface area (Å²) in [5.74, 6) is -8.10. The molecule has 1 aromatic carbocycles.